The maximum absolute atomic E-state index is 13.0. The number of anilines is 2. The minimum absolute atomic E-state index is 0.333. The Kier molecular flexibility index (Phi) is 4.87. The first kappa shape index (κ1) is 20.2. The molecule has 4 N–H and O–H groups in total. The van der Waals surface area contributed by atoms with E-state index in [1.165, 1.54) is 49.0 Å². The average molecular weight is 434 g/mol. The maximum Gasteiger partial charge on any atom is 0.266 e. The van der Waals surface area contributed by atoms with Crippen LogP contribution >= 0.6 is 11.3 Å². The molecule has 1 fully saturated rings. The topological polar surface area (TPSA) is 88.2 Å². The third-order valence-electron chi connectivity index (χ3n) is 6.93. The minimum atomic E-state index is -1.81. The molecule has 0 radical (unpaired) electrons. The molecular weight excluding hydrogens is 406 g/mol. The van der Waals surface area contributed by atoms with Crippen LogP contribution in [0.3, 0.4) is 0 Å². The van der Waals surface area contributed by atoms with Gasteiger partial charge in [-0.3, -0.25) is 4.79 Å². The summed E-state index contributed by atoms with van der Waals surface area (Å²) in [7, 11) is 0. The van der Waals surface area contributed by atoms with Gasteiger partial charge in [0.2, 0.25) is 5.60 Å². The van der Waals surface area contributed by atoms with Crippen molar-refractivity contribution in [1.82, 2.24) is 4.98 Å². The number of nitrogens with zero attached hydrogens (tertiary/aromatic N) is 1. The van der Waals surface area contributed by atoms with Crippen molar-refractivity contribution < 1.29 is 9.90 Å². The van der Waals surface area contributed by atoms with E-state index >= 15 is 0 Å². The normalized spacial score (nSPS) is 21.2. The Morgan fingerprint density at radius 3 is 2.52 bits per heavy atom. The van der Waals surface area contributed by atoms with Crippen LogP contribution in [0.5, 0.6) is 0 Å². The van der Waals surface area contributed by atoms with E-state index in [-0.39, 0.29) is 0 Å². The number of aliphatic hydroxyl groups is 1. The van der Waals surface area contributed by atoms with Crippen molar-refractivity contribution in [3.05, 3.63) is 63.5 Å². The van der Waals surface area contributed by atoms with Crippen molar-refractivity contribution in [2.45, 2.75) is 57.5 Å². The number of thiazole rings is 1. The number of benzene rings is 2. The Hall–Kier alpha value is -2.70. The Labute approximate surface area is 186 Å². The molecule has 1 atom stereocenters. The molecule has 5 rings (SSSR count). The number of hydrogen-bond donors (Lipinski definition) is 3. The van der Waals surface area contributed by atoms with Crippen LogP contribution in [0.15, 0.2) is 36.4 Å². The van der Waals surface area contributed by atoms with Gasteiger partial charge < -0.3 is 16.2 Å². The summed E-state index contributed by atoms with van der Waals surface area (Å²) in [5.74, 6) is 0.158. The average Bonchev–Trinajstić information content (AvgIpc) is 3.30. The van der Waals surface area contributed by atoms with E-state index in [1.54, 1.807) is 0 Å². The van der Waals surface area contributed by atoms with Gasteiger partial charge in [-0.05, 0) is 49.3 Å². The van der Waals surface area contributed by atoms with Crippen LogP contribution in [0.2, 0.25) is 0 Å². The lowest BCUT2D eigenvalue weighted by atomic mass is 9.83. The number of aromatic nitrogens is 1. The number of rotatable bonds is 3. The van der Waals surface area contributed by atoms with E-state index in [2.05, 4.69) is 22.4 Å². The van der Waals surface area contributed by atoms with Crippen LogP contribution in [0, 0.1) is 13.8 Å². The van der Waals surface area contributed by atoms with Crippen molar-refractivity contribution in [3.8, 4) is 11.3 Å². The molecule has 0 saturated heterocycles. The van der Waals surface area contributed by atoms with E-state index in [1.807, 2.05) is 38.1 Å². The number of nitrogens with two attached hydrogens (primary N) is 1. The van der Waals surface area contributed by atoms with Crippen molar-refractivity contribution in [3.63, 3.8) is 0 Å². The second-order valence-corrected chi connectivity index (χ2v) is 9.81. The first-order valence-corrected chi connectivity index (χ1v) is 11.7. The number of aryl methyl sites for hydroxylation is 1. The first-order valence-electron chi connectivity index (χ1n) is 10.9. The molecule has 1 unspecified atom stereocenters. The highest BCUT2D eigenvalue weighted by Gasteiger charge is 2.50. The van der Waals surface area contributed by atoms with Gasteiger partial charge in [-0.25, -0.2) is 4.98 Å². The van der Waals surface area contributed by atoms with Crippen LogP contribution in [0.1, 0.15) is 65.2 Å². The summed E-state index contributed by atoms with van der Waals surface area (Å²) < 4.78 is 0. The van der Waals surface area contributed by atoms with E-state index in [4.69, 9.17) is 5.73 Å². The van der Waals surface area contributed by atoms with Gasteiger partial charge in [0.05, 0.1) is 16.3 Å². The van der Waals surface area contributed by atoms with Gasteiger partial charge in [0.1, 0.15) is 0 Å². The molecule has 2 aromatic carbocycles. The number of carbonyl (C=O) groups is 1. The Balaban J connectivity index is 1.58. The van der Waals surface area contributed by atoms with E-state index < -0.39 is 11.5 Å². The number of fused-ring (bicyclic) bond motifs is 1. The monoisotopic (exact) mass is 433 g/mol. The zero-order valence-corrected chi connectivity index (χ0v) is 18.7. The van der Waals surface area contributed by atoms with Crippen molar-refractivity contribution >= 4 is 28.1 Å². The highest BCUT2D eigenvalue weighted by atomic mass is 32.1. The fourth-order valence-corrected chi connectivity index (χ4v) is 5.91. The molecule has 1 aliphatic carbocycles. The molecule has 0 bridgehead atoms. The zero-order chi connectivity index (χ0) is 21.8. The van der Waals surface area contributed by atoms with Crippen molar-refractivity contribution in [2.24, 2.45) is 0 Å². The first-order chi connectivity index (χ1) is 14.9. The van der Waals surface area contributed by atoms with Gasteiger partial charge in [0.15, 0.2) is 5.13 Å². The number of nitrogen functional groups attached to an aromatic ring is 1. The Morgan fingerprint density at radius 1 is 1.10 bits per heavy atom. The second-order valence-electron chi connectivity index (χ2n) is 8.78. The number of carbonyl (C=O) groups excluding carboxylic acids is 1. The zero-order valence-electron chi connectivity index (χ0n) is 17.9. The minimum Gasteiger partial charge on any atom is -0.375 e. The van der Waals surface area contributed by atoms with Gasteiger partial charge in [-0.15, -0.1) is 0 Å². The SMILES string of the molecule is Cc1ccc2c(c1C)NC(=O)C2(O)c1sc(N)nc1-c1ccc(C2CCCCC2)cc1. The van der Waals surface area contributed by atoms with Gasteiger partial charge in [0.25, 0.3) is 5.91 Å². The van der Waals surface area contributed by atoms with Crippen LogP contribution < -0.4 is 11.1 Å². The van der Waals surface area contributed by atoms with Crippen LogP contribution in [0.4, 0.5) is 10.8 Å². The van der Waals surface area contributed by atoms with Crippen LogP contribution in [-0.2, 0) is 10.4 Å². The van der Waals surface area contributed by atoms with Gasteiger partial charge >= 0.3 is 0 Å². The fourth-order valence-electron chi connectivity index (χ4n) is 4.96. The van der Waals surface area contributed by atoms with Gasteiger partial charge in [-0.1, -0.05) is 67.0 Å². The second kappa shape index (κ2) is 7.46. The summed E-state index contributed by atoms with van der Waals surface area (Å²) in [5.41, 5.74) is 10.3. The predicted octanol–water partition coefficient (Wildman–Crippen LogP) is 5.24. The van der Waals surface area contributed by atoms with E-state index in [9.17, 15) is 9.90 Å². The number of hydrogen-bond acceptors (Lipinski definition) is 5. The highest BCUT2D eigenvalue weighted by Crippen LogP contribution is 2.48. The molecule has 1 aromatic heterocycles. The van der Waals surface area contributed by atoms with Gasteiger partial charge in [-0.2, -0.15) is 0 Å². The summed E-state index contributed by atoms with van der Waals surface area (Å²) in [5, 5.41) is 14.9. The highest BCUT2D eigenvalue weighted by molar-refractivity contribution is 7.16. The molecule has 2 heterocycles. The van der Waals surface area contributed by atoms with Crippen LogP contribution in [0.25, 0.3) is 11.3 Å². The fraction of sp³-hybridized carbons (Fsp3) is 0.360. The summed E-state index contributed by atoms with van der Waals surface area (Å²) in [6.45, 7) is 3.94. The Morgan fingerprint density at radius 2 is 1.81 bits per heavy atom. The van der Waals surface area contributed by atoms with Gasteiger partial charge in [0, 0.05) is 11.1 Å². The summed E-state index contributed by atoms with van der Waals surface area (Å²) >= 11 is 1.17. The summed E-state index contributed by atoms with van der Waals surface area (Å²) in [6, 6.07) is 12.2. The summed E-state index contributed by atoms with van der Waals surface area (Å²) in [4.78, 5) is 18.0. The smallest absolute Gasteiger partial charge is 0.266 e. The number of nitrogens with one attached hydrogen (secondary N) is 1. The molecule has 5 nitrogen and oxygen atoms in total. The molecule has 6 heteroatoms. The third kappa shape index (κ3) is 3.17. The lowest BCUT2D eigenvalue weighted by Crippen LogP contribution is -2.35. The molecule has 0 spiro atoms. The van der Waals surface area contributed by atoms with Crippen LogP contribution in [-0.4, -0.2) is 16.0 Å². The molecule has 3 aromatic rings. The Bertz CT molecular complexity index is 1160. The molecule has 1 amide bonds. The molecule has 1 aliphatic heterocycles. The maximum atomic E-state index is 13.0. The standard InChI is InChI=1S/C25H27N3O2S/c1-14-8-13-19-20(15(14)2)27-23(29)25(19,30)22-21(28-24(26)31-22)18-11-9-17(10-12-18)16-6-4-3-5-7-16/h8-13,16,30H,3-7H2,1-2H3,(H2,26,28)(H,27,29). The van der Waals surface area contributed by atoms with Crippen molar-refractivity contribution in [1.29, 1.82) is 0 Å². The lowest BCUT2D eigenvalue weighted by molar-refractivity contribution is -0.129. The molecule has 160 valence electrons. The molecular formula is C25H27N3O2S. The van der Waals surface area contributed by atoms with Crippen molar-refractivity contribution in [2.75, 3.05) is 11.1 Å². The largest absolute Gasteiger partial charge is 0.375 e. The molecule has 31 heavy (non-hydrogen) atoms. The number of amides is 1. The summed E-state index contributed by atoms with van der Waals surface area (Å²) in [6.07, 6.45) is 6.39. The quantitative estimate of drug-likeness (QED) is 0.527. The van der Waals surface area contributed by atoms with E-state index in [0.717, 1.165) is 16.7 Å². The lowest BCUT2D eigenvalue weighted by Gasteiger charge is -2.23. The third-order valence-corrected chi connectivity index (χ3v) is 7.92. The predicted molar refractivity (Wildman–Crippen MR) is 125 cm³/mol. The molecule has 1 saturated carbocycles. The van der Waals surface area contributed by atoms with E-state index in [0.29, 0.717) is 32.9 Å². The molecule has 2 aliphatic rings.